The summed E-state index contributed by atoms with van der Waals surface area (Å²) in [5.41, 5.74) is 8.65. The highest BCUT2D eigenvalue weighted by Crippen LogP contribution is 2.24. The molecule has 2 N–H and O–H groups in total. The van der Waals surface area contributed by atoms with Crippen molar-refractivity contribution in [3.63, 3.8) is 0 Å². The third-order valence-electron chi connectivity index (χ3n) is 2.86. The molecule has 0 spiro atoms. The topological polar surface area (TPSA) is 42.1 Å². The predicted octanol–water partition coefficient (Wildman–Crippen LogP) is 3.27. The number of aromatic nitrogens is 1. The van der Waals surface area contributed by atoms with Gasteiger partial charge < -0.3 is 10.6 Å². The second kappa shape index (κ2) is 5.38. The van der Waals surface area contributed by atoms with Gasteiger partial charge in [0.2, 0.25) is 0 Å². The Morgan fingerprint density at radius 1 is 1.17 bits per heavy atom. The first kappa shape index (κ1) is 12.9. The quantitative estimate of drug-likeness (QED) is 0.922. The molecule has 3 nitrogen and oxygen atoms in total. The maximum absolute atomic E-state index is 6.01. The minimum Gasteiger partial charge on any atom is -0.329 e. The van der Waals surface area contributed by atoms with Crippen LogP contribution in [-0.4, -0.2) is 12.0 Å². The van der Waals surface area contributed by atoms with Gasteiger partial charge in [0.25, 0.3) is 0 Å². The first-order chi connectivity index (χ1) is 8.61. The minimum absolute atomic E-state index is 0.342. The Hall–Kier alpha value is -1.58. The fourth-order valence-corrected chi connectivity index (χ4v) is 1.89. The first-order valence-corrected chi connectivity index (χ1v) is 6.15. The van der Waals surface area contributed by atoms with E-state index in [1.807, 2.05) is 24.1 Å². The lowest BCUT2D eigenvalue weighted by Crippen LogP contribution is -2.13. The summed E-state index contributed by atoms with van der Waals surface area (Å²) in [7, 11) is 1.97. The van der Waals surface area contributed by atoms with E-state index in [1.165, 1.54) is 5.56 Å². The van der Waals surface area contributed by atoms with E-state index in [2.05, 4.69) is 36.2 Å². The van der Waals surface area contributed by atoms with Gasteiger partial charge in [-0.1, -0.05) is 29.3 Å². The summed E-state index contributed by atoms with van der Waals surface area (Å²) in [6, 6.07) is 12.0. The zero-order valence-corrected chi connectivity index (χ0v) is 11.3. The van der Waals surface area contributed by atoms with Crippen LogP contribution in [0.15, 0.2) is 36.4 Å². The Bertz CT molecular complexity index is 537. The molecule has 1 aromatic heterocycles. The highest BCUT2D eigenvalue weighted by atomic mass is 35.5. The average molecular weight is 262 g/mol. The molecule has 0 aliphatic rings. The van der Waals surface area contributed by atoms with Crippen LogP contribution < -0.4 is 10.6 Å². The van der Waals surface area contributed by atoms with Crippen LogP contribution in [0.5, 0.6) is 0 Å². The fraction of sp³-hybridized carbons (Fsp3) is 0.214. The molecular formula is C14H16ClN3. The normalized spacial score (nSPS) is 10.4. The summed E-state index contributed by atoms with van der Waals surface area (Å²) in [6.07, 6.45) is 0. The van der Waals surface area contributed by atoms with Crippen LogP contribution in [0, 0.1) is 6.92 Å². The van der Waals surface area contributed by atoms with E-state index in [0.717, 1.165) is 11.5 Å². The van der Waals surface area contributed by atoms with E-state index < -0.39 is 0 Å². The van der Waals surface area contributed by atoms with Gasteiger partial charge in [-0.25, -0.2) is 4.98 Å². The molecule has 18 heavy (non-hydrogen) atoms. The summed E-state index contributed by atoms with van der Waals surface area (Å²) in [4.78, 5) is 6.47. The minimum atomic E-state index is 0.342. The highest BCUT2D eigenvalue weighted by Gasteiger charge is 2.08. The van der Waals surface area contributed by atoms with Gasteiger partial charge in [-0.15, -0.1) is 0 Å². The van der Waals surface area contributed by atoms with Crippen molar-refractivity contribution in [2.45, 2.75) is 13.5 Å². The van der Waals surface area contributed by atoms with Gasteiger partial charge in [0.1, 0.15) is 5.82 Å². The number of nitrogens with two attached hydrogens (primary N) is 1. The molecule has 0 saturated heterocycles. The summed E-state index contributed by atoms with van der Waals surface area (Å²) in [6.45, 7) is 2.41. The van der Waals surface area contributed by atoms with Crippen molar-refractivity contribution < 1.29 is 0 Å². The van der Waals surface area contributed by atoms with Crippen molar-refractivity contribution >= 4 is 23.1 Å². The predicted molar refractivity (Wildman–Crippen MR) is 76.4 cm³/mol. The van der Waals surface area contributed by atoms with Crippen LogP contribution in [0.1, 0.15) is 11.3 Å². The summed E-state index contributed by atoms with van der Waals surface area (Å²) in [5, 5.41) is 0.610. The summed E-state index contributed by atoms with van der Waals surface area (Å²) in [5.74, 6) is 0.837. The van der Waals surface area contributed by atoms with Crippen molar-refractivity contribution in [1.82, 2.24) is 4.98 Å². The molecule has 0 saturated carbocycles. The van der Waals surface area contributed by atoms with E-state index in [9.17, 15) is 0 Å². The van der Waals surface area contributed by atoms with Crippen LogP contribution in [-0.2, 0) is 6.54 Å². The molecule has 2 aromatic rings. The summed E-state index contributed by atoms with van der Waals surface area (Å²) >= 11 is 6.01. The Balaban J connectivity index is 2.33. The number of halogens is 1. The van der Waals surface area contributed by atoms with Gasteiger partial charge in [0.15, 0.2) is 0 Å². The number of hydrogen-bond acceptors (Lipinski definition) is 3. The van der Waals surface area contributed by atoms with Gasteiger partial charge >= 0.3 is 0 Å². The largest absolute Gasteiger partial charge is 0.329 e. The molecule has 0 fully saturated rings. The van der Waals surface area contributed by atoms with Crippen LogP contribution in [0.3, 0.4) is 0 Å². The molecule has 0 bridgehead atoms. The van der Waals surface area contributed by atoms with E-state index in [1.54, 1.807) is 0 Å². The smallest absolute Gasteiger partial charge is 0.133 e. The maximum Gasteiger partial charge on any atom is 0.133 e. The molecule has 94 valence electrons. The molecule has 0 aliphatic heterocycles. The third-order valence-corrected chi connectivity index (χ3v) is 3.21. The van der Waals surface area contributed by atoms with Crippen molar-refractivity contribution in [3.8, 4) is 0 Å². The molecule has 0 unspecified atom stereocenters. The van der Waals surface area contributed by atoms with Crippen molar-refractivity contribution in [2.24, 2.45) is 5.73 Å². The number of benzene rings is 1. The van der Waals surface area contributed by atoms with Crippen LogP contribution >= 0.6 is 11.6 Å². The lowest BCUT2D eigenvalue weighted by molar-refractivity contribution is 0.974. The van der Waals surface area contributed by atoms with Crippen molar-refractivity contribution in [3.05, 3.63) is 52.7 Å². The molecule has 1 aromatic carbocycles. The lowest BCUT2D eigenvalue weighted by atomic mass is 10.2. The Kier molecular flexibility index (Phi) is 3.84. The van der Waals surface area contributed by atoms with Crippen LogP contribution in [0.4, 0.5) is 11.5 Å². The monoisotopic (exact) mass is 261 g/mol. The Labute approximate surface area is 112 Å². The highest BCUT2D eigenvalue weighted by molar-refractivity contribution is 6.31. The second-order valence-corrected chi connectivity index (χ2v) is 4.60. The Morgan fingerprint density at radius 2 is 1.83 bits per heavy atom. The number of aryl methyl sites for hydroxylation is 1. The second-order valence-electron chi connectivity index (χ2n) is 4.20. The van der Waals surface area contributed by atoms with E-state index in [0.29, 0.717) is 17.3 Å². The zero-order valence-electron chi connectivity index (χ0n) is 10.5. The standard InChI is InChI=1S/C14H16ClN3/c1-10-3-5-11(6-4-10)18(2)14-8-7-12(15)13(9-16)17-14/h3-8H,9,16H2,1-2H3. The molecule has 0 atom stereocenters. The van der Waals surface area contributed by atoms with Crippen LogP contribution in [0.2, 0.25) is 5.02 Å². The molecule has 2 rings (SSSR count). The molecule has 0 aliphatic carbocycles. The molecule has 0 amide bonds. The number of hydrogen-bond donors (Lipinski definition) is 1. The number of nitrogens with zero attached hydrogens (tertiary/aromatic N) is 2. The summed E-state index contributed by atoms with van der Waals surface area (Å²) < 4.78 is 0. The van der Waals surface area contributed by atoms with Gasteiger partial charge in [-0.3, -0.25) is 0 Å². The van der Waals surface area contributed by atoms with Gasteiger partial charge in [0, 0.05) is 19.3 Å². The molecular weight excluding hydrogens is 246 g/mol. The van der Waals surface area contributed by atoms with Crippen LogP contribution in [0.25, 0.3) is 0 Å². The number of anilines is 2. The van der Waals surface area contributed by atoms with Gasteiger partial charge in [-0.2, -0.15) is 0 Å². The van der Waals surface area contributed by atoms with E-state index in [-0.39, 0.29) is 0 Å². The SMILES string of the molecule is Cc1ccc(N(C)c2ccc(Cl)c(CN)n2)cc1. The fourth-order valence-electron chi connectivity index (χ4n) is 1.70. The zero-order chi connectivity index (χ0) is 13.1. The average Bonchev–Trinajstić information content (AvgIpc) is 2.39. The van der Waals surface area contributed by atoms with Crippen molar-refractivity contribution in [2.75, 3.05) is 11.9 Å². The number of rotatable bonds is 3. The Morgan fingerprint density at radius 3 is 2.44 bits per heavy atom. The van der Waals surface area contributed by atoms with Crippen molar-refractivity contribution in [1.29, 1.82) is 0 Å². The maximum atomic E-state index is 6.01. The molecule has 4 heteroatoms. The number of pyridine rings is 1. The third kappa shape index (κ3) is 2.63. The molecule has 0 radical (unpaired) electrons. The van der Waals surface area contributed by atoms with E-state index >= 15 is 0 Å². The van der Waals surface area contributed by atoms with Gasteiger partial charge in [-0.05, 0) is 31.2 Å². The van der Waals surface area contributed by atoms with Gasteiger partial charge in [0.05, 0.1) is 10.7 Å². The first-order valence-electron chi connectivity index (χ1n) is 5.77. The van der Waals surface area contributed by atoms with E-state index in [4.69, 9.17) is 17.3 Å². The molecule has 1 heterocycles. The lowest BCUT2D eigenvalue weighted by Gasteiger charge is -2.19.